The number of alkyl halides is 2. The highest BCUT2D eigenvalue weighted by molar-refractivity contribution is 6.53. The lowest BCUT2D eigenvalue weighted by Crippen LogP contribution is -2.67. The molecule has 65 heavy (non-hydrogen) atoms. The number of esters is 1. The Labute approximate surface area is 381 Å². The number of aliphatic hydroxyl groups is 5. The number of likely N-dealkylation sites (tertiary alicyclic amines) is 1. The van der Waals surface area contributed by atoms with Crippen LogP contribution in [0.1, 0.15) is 61.8 Å². The number of ketones is 2. The number of hydrogen-bond donors (Lipinski definition) is 9. The molecule has 2 amide bonds. The van der Waals surface area contributed by atoms with Crippen LogP contribution in [0.15, 0.2) is 59.4 Å². The fraction of sp³-hybridized carbons (Fsp3) is 0.476. The van der Waals surface area contributed by atoms with Crippen LogP contribution in [0.3, 0.4) is 0 Å². The van der Waals surface area contributed by atoms with Gasteiger partial charge < -0.3 is 51.1 Å². The standard InChI is InChI=1S/C27H33N3O8.C15H16Cl2N2O8/c1-26(37)13-7-6-8-16(31)17(13)21(32)18-14(26)11-15-20(29(2)3)22(33)19(24(35)27(15,38)23(18)34)25(36)28-12-30-9-4-5-10-30;16-14(17)15(24)18-10(7-27-12(22)6-5-11(20)21)13(23)8-1-3-9(4-2-8)19(25)26/h6-8,14-15,20,31-32,35,37-38H,4-5,9-12H2,1-3H3,(H,28,36);1-4,10,13-14,23H,5-7H2,(H,18,24)(H,20,21)/t14-,15-,20-,26+,27-;10-,13-/m01/s1. The Balaban J connectivity index is 0.000000261. The minimum Gasteiger partial charge on any atom is -0.508 e. The fourth-order valence-corrected chi connectivity index (χ4v) is 8.77. The number of amides is 2. The maximum atomic E-state index is 14.0. The number of benzene rings is 2. The monoisotopic (exact) mass is 949 g/mol. The number of phenolic OH excluding ortho intramolecular Hbond substituents is 1. The first-order chi connectivity index (χ1) is 30.4. The van der Waals surface area contributed by atoms with Gasteiger partial charge in [0, 0.05) is 29.5 Å². The number of Topliss-reactive ketones (excluding diaryl/α,β-unsaturated/α-hetero) is 2. The molecule has 0 bridgehead atoms. The van der Waals surface area contributed by atoms with Gasteiger partial charge in [-0.15, -0.1) is 0 Å². The number of nitro groups is 1. The van der Waals surface area contributed by atoms with Crippen molar-refractivity contribution in [1.29, 1.82) is 0 Å². The minimum absolute atomic E-state index is 0.137. The van der Waals surface area contributed by atoms with Crippen LogP contribution in [0, 0.1) is 22.0 Å². The van der Waals surface area contributed by atoms with E-state index in [0.29, 0.717) is 0 Å². The summed E-state index contributed by atoms with van der Waals surface area (Å²) in [6.45, 7) is 2.61. The first-order valence-corrected chi connectivity index (χ1v) is 21.1. The van der Waals surface area contributed by atoms with Crippen molar-refractivity contribution in [2.45, 2.75) is 73.3 Å². The lowest BCUT2D eigenvalue weighted by molar-refractivity contribution is -0.384. The number of non-ortho nitro benzene ring substituents is 1. The normalized spacial score (nSPS) is 24.9. The van der Waals surface area contributed by atoms with Crippen molar-refractivity contribution in [1.82, 2.24) is 20.4 Å². The summed E-state index contributed by atoms with van der Waals surface area (Å²) in [6.07, 6.45) is -0.462. The zero-order valence-corrected chi connectivity index (χ0v) is 36.8. The van der Waals surface area contributed by atoms with E-state index in [1.54, 1.807) is 14.1 Å². The van der Waals surface area contributed by atoms with Gasteiger partial charge in [0.1, 0.15) is 35.6 Å². The van der Waals surface area contributed by atoms with Gasteiger partial charge in [-0.3, -0.25) is 48.7 Å². The summed E-state index contributed by atoms with van der Waals surface area (Å²) < 4.78 is 4.87. The van der Waals surface area contributed by atoms with Crippen LogP contribution < -0.4 is 10.6 Å². The van der Waals surface area contributed by atoms with Gasteiger partial charge in [0.05, 0.1) is 47.7 Å². The third kappa shape index (κ3) is 10.3. The SMILES string of the molecule is CN(C)[C@@H]1C(=O)C(C(=O)NCN2CCCC2)=C(O)[C@@]2(O)C(=O)C3=C(O)c4c(O)cccc4[C@@](C)(O)[C@H]3C[C@@H]12.O=C(O)CCC(=O)OC[C@@H](NC(=O)C(Cl)Cl)[C@H](O)c1ccc([N+](=O)[O-])cc1. The number of nitrogens with one attached hydrogen (secondary N) is 2. The second kappa shape index (κ2) is 20.2. The van der Waals surface area contributed by atoms with Crippen molar-refractivity contribution in [2.75, 3.05) is 40.5 Å². The number of hydrogen-bond acceptors (Lipinski definition) is 17. The molecule has 2 aromatic rings. The van der Waals surface area contributed by atoms with Crippen molar-refractivity contribution in [3.05, 3.63) is 86.2 Å². The summed E-state index contributed by atoms with van der Waals surface area (Å²) in [5.41, 5.74) is -5.53. The zero-order chi connectivity index (χ0) is 48.3. The number of carboxylic acids is 1. The summed E-state index contributed by atoms with van der Waals surface area (Å²) in [5.74, 6) is -10.1. The lowest BCUT2D eigenvalue weighted by atomic mass is 9.54. The molecule has 2 fully saturated rings. The van der Waals surface area contributed by atoms with Crippen molar-refractivity contribution in [2.24, 2.45) is 11.8 Å². The van der Waals surface area contributed by atoms with E-state index in [1.165, 1.54) is 42.2 Å². The van der Waals surface area contributed by atoms with Crippen LogP contribution in [0.2, 0.25) is 0 Å². The number of rotatable bonds is 14. The third-order valence-corrected chi connectivity index (χ3v) is 12.4. The highest BCUT2D eigenvalue weighted by atomic mass is 35.5. The molecular formula is C42H49Cl2N5O16. The molecule has 0 aromatic heterocycles. The summed E-state index contributed by atoms with van der Waals surface area (Å²) >= 11 is 10.9. The number of fused-ring (bicyclic) bond motifs is 3. The van der Waals surface area contributed by atoms with Gasteiger partial charge in [0.2, 0.25) is 5.78 Å². The number of ether oxygens (including phenoxy) is 1. The van der Waals surface area contributed by atoms with E-state index in [2.05, 4.69) is 10.6 Å². The van der Waals surface area contributed by atoms with Crippen molar-refractivity contribution >= 4 is 70.0 Å². The number of halogens is 2. The first-order valence-electron chi connectivity index (χ1n) is 20.2. The van der Waals surface area contributed by atoms with Gasteiger partial charge in [-0.25, -0.2) is 0 Å². The average Bonchev–Trinajstić information content (AvgIpc) is 3.77. The van der Waals surface area contributed by atoms with Crippen molar-refractivity contribution in [3.63, 3.8) is 0 Å². The van der Waals surface area contributed by atoms with E-state index in [4.69, 9.17) is 33.0 Å². The number of carboxylic acid groups (broad SMARTS) is 1. The number of carbonyl (C=O) groups excluding carboxylic acids is 5. The van der Waals surface area contributed by atoms with Crippen LogP contribution in [0.25, 0.3) is 5.76 Å². The van der Waals surface area contributed by atoms with E-state index in [1.807, 2.05) is 4.90 Å². The molecule has 7 atom stereocenters. The lowest BCUT2D eigenvalue weighted by Gasteiger charge is -2.53. The van der Waals surface area contributed by atoms with Gasteiger partial charge >= 0.3 is 11.9 Å². The van der Waals surface area contributed by atoms with E-state index >= 15 is 0 Å². The molecule has 1 saturated carbocycles. The number of carbonyl (C=O) groups is 6. The Morgan fingerprint density at radius 2 is 1.65 bits per heavy atom. The topological polar surface area (TPSA) is 327 Å². The predicted molar refractivity (Wildman–Crippen MR) is 228 cm³/mol. The Kier molecular flexibility index (Phi) is 15.7. The number of aliphatic hydroxyl groups excluding tert-OH is 3. The van der Waals surface area contributed by atoms with Crippen LogP contribution >= 0.6 is 23.2 Å². The quantitative estimate of drug-likeness (QED) is 0.0427. The second-order valence-corrected chi connectivity index (χ2v) is 17.5. The van der Waals surface area contributed by atoms with Crippen LogP contribution in [-0.4, -0.2) is 149 Å². The molecule has 0 radical (unpaired) electrons. The summed E-state index contributed by atoms with van der Waals surface area (Å²) in [4.78, 5) is 86.6. The first kappa shape index (κ1) is 50.3. The van der Waals surface area contributed by atoms with Crippen LogP contribution in [0.4, 0.5) is 5.69 Å². The van der Waals surface area contributed by atoms with Gasteiger partial charge in [-0.2, -0.15) is 0 Å². The van der Waals surface area contributed by atoms with E-state index < -0.39 is 123 Å². The second-order valence-electron chi connectivity index (χ2n) is 16.4. The number of nitro benzene ring substituents is 1. The van der Waals surface area contributed by atoms with Gasteiger partial charge in [-0.05, 0) is 82.7 Å². The fourth-order valence-electron chi connectivity index (χ4n) is 8.64. The molecule has 3 aliphatic carbocycles. The third-order valence-electron chi connectivity index (χ3n) is 12.0. The molecule has 2 aromatic carbocycles. The summed E-state index contributed by atoms with van der Waals surface area (Å²) in [7, 11) is 3.12. The van der Waals surface area contributed by atoms with Gasteiger partial charge in [0.15, 0.2) is 16.2 Å². The van der Waals surface area contributed by atoms with E-state index in [0.717, 1.165) is 38.1 Å². The van der Waals surface area contributed by atoms with Crippen LogP contribution in [-0.2, 0) is 39.1 Å². The maximum Gasteiger partial charge on any atom is 0.306 e. The Morgan fingerprint density at radius 3 is 2.22 bits per heavy atom. The van der Waals surface area contributed by atoms with Crippen molar-refractivity contribution < 1.29 is 74.2 Å². The van der Waals surface area contributed by atoms with Gasteiger partial charge in [-0.1, -0.05) is 35.3 Å². The number of likely N-dealkylation sites (N-methyl/N-ethyl adjacent to an activating group) is 1. The number of nitrogens with zero attached hydrogens (tertiary/aromatic N) is 3. The smallest absolute Gasteiger partial charge is 0.306 e. The predicted octanol–water partition coefficient (Wildman–Crippen LogP) is 1.64. The Hall–Kier alpha value is -5.68. The molecule has 1 aliphatic heterocycles. The molecule has 6 rings (SSSR count). The molecule has 0 spiro atoms. The van der Waals surface area contributed by atoms with E-state index in [-0.39, 0.29) is 46.8 Å². The molecular weight excluding hydrogens is 901 g/mol. The summed E-state index contributed by atoms with van der Waals surface area (Å²) in [5, 5.41) is 90.9. The maximum absolute atomic E-state index is 14.0. The Morgan fingerprint density at radius 1 is 1.02 bits per heavy atom. The number of phenols is 1. The highest BCUT2D eigenvalue weighted by Crippen LogP contribution is 2.57. The molecule has 0 unspecified atom stereocenters. The minimum atomic E-state index is -2.72. The Bertz CT molecular complexity index is 2290. The molecule has 23 heteroatoms. The molecule has 21 nitrogen and oxygen atoms in total. The molecule has 4 aliphatic rings. The average molecular weight is 951 g/mol. The van der Waals surface area contributed by atoms with E-state index in [9.17, 15) is 69.5 Å². The molecule has 9 N–H and O–H groups in total. The largest absolute Gasteiger partial charge is 0.508 e. The number of aliphatic carboxylic acids is 1. The van der Waals surface area contributed by atoms with Gasteiger partial charge in [0.25, 0.3) is 17.5 Å². The van der Waals surface area contributed by atoms with Crippen LogP contribution in [0.5, 0.6) is 5.75 Å². The molecule has 1 saturated heterocycles. The zero-order valence-electron chi connectivity index (χ0n) is 35.3. The molecule has 352 valence electrons. The highest BCUT2D eigenvalue weighted by Gasteiger charge is 2.66. The molecule has 1 heterocycles. The number of aromatic hydroxyl groups is 1. The van der Waals surface area contributed by atoms with Crippen molar-refractivity contribution in [3.8, 4) is 5.75 Å². The summed E-state index contributed by atoms with van der Waals surface area (Å²) in [6, 6.07) is 6.80.